The lowest BCUT2D eigenvalue weighted by Gasteiger charge is -2.16. The Labute approximate surface area is 83.5 Å². The molecule has 1 aliphatic carbocycles. The molecule has 3 nitrogen and oxygen atoms in total. The van der Waals surface area contributed by atoms with Gasteiger partial charge in [0.05, 0.1) is 13.2 Å². The molecule has 76 valence electrons. The van der Waals surface area contributed by atoms with Crippen molar-refractivity contribution in [1.29, 1.82) is 0 Å². The van der Waals surface area contributed by atoms with Gasteiger partial charge in [-0.2, -0.15) is 0 Å². The van der Waals surface area contributed by atoms with Crippen LogP contribution in [0.3, 0.4) is 0 Å². The first-order valence-corrected chi connectivity index (χ1v) is 4.83. The fourth-order valence-corrected chi connectivity index (χ4v) is 1.92. The number of rotatable bonds is 4. The SMILES string of the molecule is NOCc1ccccc1C1(CO)CC1. The van der Waals surface area contributed by atoms with Gasteiger partial charge in [-0.15, -0.1) is 0 Å². The zero-order valence-electron chi connectivity index (χ0n) is 8.07. The maximum Gasteiger partial charge on any atom is 0.0932 e. The van der Waals surface area contributed by atoms with Crippen molar-refractivity contribution in [2.45, 2.75) is 24.9 Å². The molecule has 1 aliphatic rings. The van der Waals surface area contributed by atoms with Crippen LogP contribution in [-0.4, -0.2) is 11.7 Å². The number of hydrogen-bond donors (Lipinski definition) is 2. The fraction of sp³-hybridized carbons (Fsp3) is 0.455. The minimum atomic E-state index is -0.00484. The zero-order chi connectivity index (χ0) is 10.0. The molecule has 0 aromatic heterocycles. The molecular weight excluding hydrogens is 178 g/mol. The summed E-state index contributed by atoms with van der Waals surface area (Å²) in [5.41, 5.74) is 2.27. The van der Waals surface area contributed by atoms with Crippen molar-refractivity contribution in [2.24, 2.45) is 5.90 Å². The van der Waals surface area contributed by atoms with Crippen LogP contribution >= 0.6 is 0 Å². The molecule has 0 saturated heterocycles. The summed E-state index contributed by atoms with van der Waals surface area (Å²) in [7, 11) is 0. The molecule has 14 heavy (non-hydrogen) atoms. The minimum absolute atomic E-state index is 0.00484. The van der Waals surface area contributed by atoms with Gasteiger partial charge in [0, 0.05) is 5.41 Å². The van der Waals surface area contributed by atoms with Crippen LogP contribution in [0.2, 0.25) is 0 Å². The Bertz CT molecular complexity index is 321. The summed E-state index contributed by atoms with van der Waals surface area (Å²) in [4.78, 5) is 4.65. The van der Waals surface area contributed by atoms with Gasteiger partial charge in [0.25, 0.3) is 0 Å². The lowest BCUT2D eigenvalue weighted by atomic mass is 9.92. The van der Waals surface area contributed by atoms with Gasteiger partial charge in [0.1, 0.15) is 0 Å². The van der Waals surface area contributed by atoms with Crippen molar-refractivity contribution in [1.82, 2.24) is 0 Å². The van der Waals surface area contributed by atoms with Crippen LogP contribution in [0.1, 0.15) is 24.0 Å². The van der Waals surface area contributed by atoms with Crippen LogP contribution in [0.5, 0.6) is 0 Å². The number of aliphatic hydroxyl groups excluding tert-OH is 1. The molecule has 0 unspecified atom stereocenters. The first-order valence-electron chi connectivity index (χ1n) is 4.83. The molecule has 1 aromatic rings. The number of hydrogen-bond acceptors (Lipinski definition) is 3. The second-order valence-corrected chi connectivity index (χ2v) is 3.91. The monoisotopic (exact) mass is 193 g/mol. The van der Waals surface area contributed by atoms with E-state index in [0.717, 1.165) is 18.4 Å². The van der Waals surface area contributed by atoms with E-state index >= 15 is 0 Å². The average molecular weight is 193 g/mol. The van der Waals surface area contributed by atoms with Crippen molar-refractivity contribution in [3.05, 3.63) is 35.4 Å². The Kier molecular flexibility index (Phi) is 2.54. The van der Waals surface area contributed by atoms with Gasteiger partial charge < -0.3 is 5.11 Å². The topological polar surface area (TPSA) is 55.5 Å². The van der Waals surface area contributed by atoms with Gasteiger partial charge in [-0.3, -0.25) is 4.84 Å². The van der Waals surface area contributed by atoms with Crippen molar-refractivity contribution >= 4 is 0 Å². The van der Waals surface area contributed by atoms with E-state index in [-0.39, 0.29) is 12.0 Å². The first-order chi connectivity index (χ1) is 6.82. The molecular formula is C11H15NO2. The Morgan fingerprint density at radius 3 is 2.64 bits per heavy atom. The van der Waals surface area contributed by atoms with Crippen molar-refractivity contribution < 1.29 is 9.94 Å². The summed E-state index contributed by atoms with van der Waals surface area (Å²) in [6.45, 7) is 0.631. The molecule has 1 fully saturated rings. The second kappa shape index (κ2) is 3.69. The second-order valence-electron chi connectivity index (χ2n) is 3.91. The van der Waals surface area contributed by atoms with E-state index in [2.05, 4.69) is 10.9 Å². The van der Waals surface area contributed by atoms with Crippen LogP contribution in [0.15, 0.2) is 24.3 Å². The van der Waals surface area contributed by atoms with E-state index in [1.807, 2.05) is 18.2 Å². The maximum absolute atomic E-state index is 9.33. The molecule has 0 heterocycles. The van der Waals surface area contributed by atoms with Crippen LogP contribution in [-0.2, 0) is 16.9 Å². The summed E-state index contributed by atoms with van der Waals surface area (Å²) in [6, 6.07) is 8.01. The largest absolute Gasteiger partial charge is 0.395 e. The quantitative estimate of drug-likeness (QED) is 0.704. The number of benzene rings is 1. The highest BCUT2D eigenvalue weighted by atomic mass is 16.6. The van der Waals surface area contributed by atoms with Crippen LogP contribution in [0.25, 0.3) is 0 Å². The molecule has 0 spiro atoms. The smallest absolute Gasteiger partial charge is 0.0932 e. The third kappa shape index (κ3) is 1.54. The molecule has 3 heteroatoms. The van der Waals surface area contributed by atoms with Gasteiger partial charge in [0.2, 0.25) is 0 Å². The summed E-state index contributed by atoms with van der Waals surface area (Å²) < 4.78 is 0. The summed E-state index contributed by atoms with van der Waals surface area (Å²) in [5.74, 6) is 5.07. The predicted molar refractivity (Wildman–Crippen MR) is 53.4 cm³/mol. The van der Waals surface area contributed by atoms with Crippen molar-refractivity contribution in [2.75, 3.05) is 6.61 Å². The molecule has 1 saturated carbocycles. The van der Waals surface area contributed by atoms with Gasteiger partial charge in [-0.25, -0.2) is 5.90 Å². The van der Waals surface area contributed by atoms with E-state index in [1.165, 1.54) is 5.56 Å². The molecule has 0 bridgehead atoms. The fourth-order valence-electron chi connectivity index (χ4n) is 1.92. The van der Waals surface area contributed by atoms with Crippen molar-refractivity contribution in [3.63, 3.8) is 0 Å². The van der Waals surface area contributed by atoms with Gasteiger partial charge >= 0.3 is 0 Å². The van der Waals surface area contributed by atoms with Gasteiger partial charge in [-0.1, -0.05) is 24.3 Å². The molecule has 3 N–H and O–H groups in total. The standard InChI is InChI=1S/C11H15NO2/c12-14-7-9-3-1-2-4-10(9)11(8-13)5-6-11/h1-4,13H,5-8,12H2. The highest BCUT2D eigenvalue weighted by molar-refractivity contribution is 5.38. The van der Waals surface area contributed by atoms with Crippen LogP contribution < -0.4 is 5.90 Å². The van der Waals surface area contributed by atoms with Crippen molar-refractivity contribution in [3.8, 4) is 0 Å². The normalized spacial score (nSPS) is 18.1. The van der Waals surface area contributed by atoms with E-state index in [9.17, 15) is 5.11 Å². The highest BCUT2D eigenvalue weighted by Gasteiger charge is 2.44. The van der Waals surface area contributed by atoms with E-state index in [1.54, 1.807) is 0 Å². The summed E-state index contributed by atoms with van der Waals surface area (Å²) in [5, 5.41) is 9.33. The molecule has 0 radical (unpaired) electrons. The molecule has 2 rings (SSSR count). The molecule has 1 aromatic carbocycles. The average Bonchev–Trinajstić information content (AvgIpc) is 3.00. The summed E-state index contributed by atoms with van der Waals surface area (Å²) >= 11 is 0. The Balaban J connectivity index is 2.32. The predicted octanol–water partition coefficient (Wildman–Crippen LogP) is 1.10. The third-order valence-corrected chi connectivity index (χ3v) is 2.98. The van der Waals surface area contributed by atoms with E-state index < -0.39 is 0 Å². The van der Waals surface area contributed by atoms with Gasteiger partial charge in [-0.05, 0) is 24.0 Å². The highest BCUT2D eigenvalue weighted by Crippen LogP contribution is 2.48. The zero-order valence-corrected chi connectivity index (χ0v) is 8.07. The summed E-state index contributed by atoms with van der Waals surface area (Å²) in [6.07, 6.45) is 2.12. The Hall–Kier alpha value is -0.900. The number of nitrogens with two attached hydrogens (primary N) is 1. The lowest BCUT2D eigenvalue weighted by molar-refractivity contribution is 0.122. The number of aliphatic hydroxyl groups is 1. The van der Waals surface area contributed by atoms with Crippen LogP contribution in [0.4, 0.5) is 0 Å². The molecule has 0 amide bonds. The van der Waals surface area contributed by atoms with Crippen LogP contribution in [0, 0.1) is 0 Å². The van der Waals surface area contributed by atoms with E-state index in [0.29, 0.717) is 6.61 Å². The molecule has 0 atom stereocenters. The Morgan fingerprint density at radius 2 is 2.07 bits per heavy atom. The molecule has 0 aliphatic heterocycles. The maximum atomic E-state index is 9.33. The third-order valence-electron chi connectivity index (χ3n) is 2.98. The lowest BCUT2D eigenvalue weighted by Crippen LogP contribution is -2.15. The van der Waals surface area contributed by atoms with E-state index in [4.69, 9.17) is 5.90 Å². The first kappa shape index (κ1) is 9.65. The minimum Gasteiger partial charge on any atom is -0.395 e. The van der Waals surface area contributed by atoms with Gasteiger partial charge in [0.15, 0.2) is 0 Å². The Morgan fingerprint density at radius 1 is 1.36 bits per heavy atom.